The molecule has 0 aromatic carbocycles. The molecule has 17 heavy (non-hydrogen) atoms. The molecule has 4 heteroatoms. The Hall–Kier alpha value is 0.1000. The summed E-state index contributed by atoms with van der Waals surface area (Å²) in [6, 6.07) is 2.65. The van der Waals surface area contributed by atoms with Crippen LogP contribution < -0.4 is 11.3 Å². The van der Waals surface area contributed by atoms with E-state index in [0.29, 0.717) is 6.04 Å². The van der Waals surface area contributed by atoms with Crippen LogP contribution in [0, 0.1) is 11.8 Å². The highest BCUT2D eigenvalue weighted by Gasteiger charge is 2.25. The van der Waals surface area contributed by atoms with Crippen molar-refractivity contribution < 1.29 is 0 Å². The molecule has 0 bridgehead atoms. The molecule has 0 saturated heterocycles. The lowest BCUT2D eigenvalue weighted by atomic mass is 9.78. The maximum absolute atomic E-state index is 5.74. The van der Waals surface area contributed by atoms with E-state index in [0.717, 1.165) is 18.3 Å². The highest BCUT2D eigenvalue weighted by molar-refractivity contribution is 9.10. The predicted molar refractivity (Wildman–Crippen MR) is 78.0 cm³/mol. The first-order chi connectivity index (χ1) is 8.19. The first-order valence-electron chi connectivity index (χ1n) is 6.38. The van der Waals surface area contributed by atoms with Gasteiger partial charge in [-0.25, -0.2) is 0 Å². The number of rotatable bonds is 4. The van der Waals surface area contributed by atoms with Crippen LogP contribution in [-0.2, 0) is 6.42 Å². The van der Waals surface area contributed by atoms with Gasteiger partial charge in [0.05, 0.1) is 0 Å². The van der Waals surface area contributed by atoms with Crippen LogP contribution in [0.25, 0.3) is 0 Å². The smallest absolute Gasteiger partial charge is 0.0287 e. The molecule has 1 unspecified atom stereocenters. The number of halogens is 1. The number of thiophene rings is 1. The first-order valence-corrected chi connectivity index (χ1v) is 8.05. The highest BCUT2D eigenvalue weighted by atomic mass is 79.9. The Morgan fingerprint density at radius 1 is 1.47 bits per heavy atom. The normalized spacial score (nSPS) is 27.0. The van der Waals surface area contributed by atoms with Crippen molar-refractivity contribution in [1.82, 2.24) is 5.43 Å². The maximum Gasteiger partial charge on any atom is 0.0287 e. The number of hydrogen-bond acceptors (Lipinski definition) is 3. The summed E-state index contributed by atoms with van der Waals surface area (Å²) in [6.45, 7) is 2.36. The molecule has 1 heterocycles. The quantitative estimate of drug-likeness (QED) is 0.656. The second-order valence-electron chi connectivity index (χ2n) is 5.23. The average Bonchev–Trinajstić information content (AvgIpc) is 2.73. The summed E-state index contributed by atoms with van der Waals surface area (Å²) < 4.78 is 1.19. The van der Waals surface area contributed by atoms with Gasteiger partial charge in [0.25, 0.3) is 0 Å². The Balaban J connectivity index is 1.92. The van der Waals surface area contributed by atoms with Crippen molar-refractivity contribution in [3.63, 3.8) is 0 Å². The van der Waals surface area contributed by atoms with Gasteiger partial charge < -0.3 is 0 Å². The van der Waals surface area contributed by atoms with Crippen molar-refractivity contribution in [2.45, 2.75) is 45.1 Å². The van der Waals surface area contributed by atoms with Crippen LogP contribution in [-0.4, -0.2) is 6.04 Å². The van der Waals surface area contributed by atoms with Crippen LogP contribution in [0.1, 0.15) is 37.5 Å². The summed E-state index contributed by atoms with van der Waals surface area (Å²) in [7, 11) is 0. The van der Waals surface area contributed by atoms with Crippen LogP contribution in [0.2, 0.25) is 0 Å². The molecular formula is C13H21BrN2S. The monoisotopic (exact) mass is 316 g/mol. The van der Waals surface area contributed by atoms with Gasteiger partial charge in [-0.1, -0.05) is 19.8 Å². The summed E-state index contributed by atoms with van der Waals surface area (Å²) >= 11 is 5.32. The van der Waals surface area contributed by atoms with E-state index >= 15 is 0 Å². The second kappa shape index (κ2) is 6.32. The minimum absolute atomic E-state index is 0.438. The Labute approximate surface area is 116 Å². The Kier molecular flexibility index (Phi) is 5.03. The molecule has 2 nitrogen and oxygen atoms in total. The number of nitrogens with two attached hydrogens (primary N) is 1. The van der Waals surface area contributed by atoms with Gasteiger partial charge in [-0.2, -0.15) is 0 Å². The van der Waals surface area contributed by atoms with E-state index in [1.165, 1.54) is 35.0 Å². The third kappa shape index (κ3) is 3.78. The predicted octanol–water partition coefficient (Wildman–Crippen LogP) is 3.71. The summed E-state index contributed by atoms with van der Waals surface area (Å²) in [5.74, 6) is 7.39. The molecule has 0 radical (unpaired) electrons. The third-order valence-corrected chi connectivity index (χ3v) is 5.61. The lowest BCUT2D eigenvalue weighted by Crippen LogP contribution is -2.43. The largest absolute Gasteiger partial charge is 0.271 e. The molecule has 0 amide bonds. The van der Waals surface area contributed by atoms with Crippen molar-refractivity contribution in [2.75, 3.05) is 0 Å². The van der Waals surface area contributed by atoms with Gasteiger partial charge in [-0.05, 0) is 53.1 Å². The van der Waals surface area contributed by atoms with E-state index in [9.17, 15) is 0 Å². The standard InChI is InChI=1S/C13H21BrN2S/c1-9-2-4-10(5-3-9)13(16-15)7-12-6-11(14)8-17-12/h6,8-10,13,16H,2-5,7,15H2,1H3. The number of hydrogen-bond donors (Lipinski definition) is 2. The van der Waals surface area contributed by atoms with Gasteiger partial charge in [0.2, 0.25) is 0 Å². The molecule has 1 aliphatic carbocycles. The van der Waals surface area contributed by atoms with Crippen molar-refractivity contribution >= 4 is 27.3 Å². The Bertz CT molecular complexity index is 345. The zero-order valence-corrected chi connectivity index (χ0v) is 12.7. The fourth-order valence-electron chi connectivity index (χ4n) is 2.73. The maximum atomic E-state index is 5.74. The van der Waals surface area contributed by atoms with E-state index in [1.54, 1.807) is 0 Å². The first kappa shape index (κ1) is 13.5. The molecular weight excluding hydrogens is 296 g/mol. The molecule has 1 saturated carbocycles. The molecule has 1 aromatic rings. The molecule has 0 spiro atoms. The molecule has 96 valence electrons. The minimum Gasteiger partial charge on any atom is -0.271 e. The van der Waals surface area contributed by atoms with Crippen LogP contribution in [0.5, 0.6) is 0 Å². The SMILES string of the molecule is CC1CCC(C(Cc2cc(Br)cs2)NN)CC1. The molecule has 1 fully saturated rings. The van der Waals surface area contributed by atoms with Crippen molar-refractivity contribution in [3.8, 4) is 0 Å². The topological polar surface area (TPSA) is 38.0 Å². The summed E-state index contributed by atoms with van der Waals surface area (Å²) in [5.41, 5.74) is 3.04. The van der Waals surface area contributed by atoms with Gasteiger partial charge in [0.1, 0.15) is 0 Å². The lowest BCUT2D eigenvalue weighted by Gasteiger charge is -2.32. The van der Waals surface area contributed by atoms with Crippen LogP contribution in [0.3, 0.4) is 0 Å². The van der Waals surface area contributed by atoms with Crippen molar-refractivity contribution in [2.24, 2.45) is 17.7 Å². The fourth-order valence-corrected chi connectivity index (χ4v) is 4.24. The minimum atomic E-state index is 0.438. The van der Waals surface area contributed by atoms with Crippen LogP contribution >= 0.6 is 27.3 Å². The molecule has 2 rings (SSSR count). The molecule has 1 aromatic heterocycles. The van der Waals surface area contributed by atoms with Crippen LogP contribution in [0.4, 0.5) is 0 Å². The van der Waals surface area contributed by atoms with E-state index in [-0.39, 0.29) is 0 Å². The summed E-state index contributed by atoms with van der Waals surface area (Å²) in [5, 5.41) is 2.14. The van der Waals surface area contributed by atoms with Crippen molar-refractivity contribution in [1.29, 1.82) is 0 Å². The molecule has 0 aliphatic heterocycles. The lowest BCUT2D eigenvalue weighted by molar-refractivity contribution is 0.230. The zero-order valence-electron chi connectivity index (χ0n) is 10.3. The fraction of sp³-hybridized carbons (Fsp3) is 0.692. The average molecular weight is 317 g/mol. The van der Waals surface area contributed by atoms with E-state index in [1.807, 2.05) is 11.3 Å². The van der Waals surface area contributed by atoms with Gasteiger partial charge in [0, 0.05) is 20.8 Å². The molecule has 1 atom stereocenters. The highest BCUT2D eigenvalue weighted by Crippen LogP contribution is 2.32. The van der Waals surface area contributed by atoms with Crippen LogP contribution in [0.15, 0.2) is 15.9 Å². The van der Waals surface area contributed by atoms with E-state index in [2.05, 4.69) is 39.7 Å². The van der Waals surface area contributed by atoms with E-state index < -0.39 is 0 Å². The number of hydrazine groups is 1. The van der Waals surface area contributed by atoms with Gasteiger partial charge >= 0.3 is 0 Å². The van der Waals surface area contributed by atoms with Gasteiger partial charge in [-0.3, -0.25) is 11.3 Å². The summed E-state index contributed by atoms with van der Waals surface area (Å²) in [6.07, 6.45) is 6.42. The molecule has 3 N–H and O–H groups in total. The summed E-state index contributed by atoms with van der Waals surface area (Å²) in [4.78, 5) is 1.42. The third-order valence-electron chi connectivity index (χ3n) is 3.89. The second-order valence-corrected chi connectivity index (χ2v) is 7.14. The number of nitrogens with one attached hydrogen (secondary N) is 1. The zero-order chi connectivity index (χ0) is 12.3. The van der Waals surface area contributed by atoms with Gasteiger partial charge in [-0.15, -0.1) is 11.3 Å². The Morgan fingerprint density at radius 3 is 2.71 bits per heavy atom. The van der Waals surface area contributed by atoms with Crippen molar-refractivity contribution in [3.05, 3.63) is 20.8 Å². The molecule has 1 aliphatic rings. The Morgan fingerprint density at radius 2 is 2.18 bits per heavy atom. The van der Waals surface area contributed by atoms with Gasteiger partial charge in [0.15, 0.2) is 0 Å². The van der Waals surface area contributed by atoms with E-state index in [4.69, 9.17) is 5.84 Å².